The molecule has 0 fully saturated rings. The fourth-order valence-corrected chi connectivity index (χ4v) is 10.7. The number of phenolic OH excluding ortho intramolecular Hbond substituents is 2. The summed E-state index contributed by atoms with van der Waals surface area (Å²) in [5.41, 5.74) is 1.23. The zero-order valence-electron chi connectivity index (χ0n) is 51.8. The molecule has 2 N–H and O–H groups in total. The van der Waals surface area contributed by atoms with E-state index in [1.807, 2.05) is 12.1 Å². The first-order valence-corrected chi connectivity index (χ1v) is 31.5. The molecule has 0 aliphatic carbocycles. The predicted molar refractivity (Wildman–Crippen MR) is 322 cm³/mol. The molecule has 6 nitrogen and oxygen atoms in total. The fraction of sp³-hybridized carbons (Fsp3) is 0.797. The van der Waals surface area contributed by atoms with Crippen LogP contribution in [0.3, 0.4) is 0 Å². The molecule has 0 saturated heterocycles. The summed E-state index contributed by atoms with van der Waals surface area (Å²) < 4.78 is 12.6. The Balaban J connectivity index is 2.37. The summed E-state index contributed by atoms with van der Waals surface area (Å²) in [5, 5.41) is 24.5. The van der Waals surface area contributed by atoms with Crippen molar-refractivity contribution in [2.75, 3.05) is 13.2 Å². The molecule has 0 heterocycles. The number of hydrogen-bond donors (Lipinski definition) is 2. The number of benzene rings is 2. The van der Waals surface area contributed by atoms with Crippen molar-refractivity contribution < 1.29 is 29.3 Å². The number of carbonyl (C=O) groups is 2. The average molecular weight is 1050 g/mol. The number of phenols is 2. The van der Waals surface area contributed by atoms with Gasteiger partial charge in [0.15, 0.2) is 5.41 Å². The van der Waals surface area contributed by atoms with Crippen LogP contribution in [0, 0.1) is 5.41 Å². The number of unbranched alkanes of at least 4 members (excludes halogenated alkanes) is 30. The highest BCUT2D eigenvalue weighted by atomic mass is 16.6. The molecule has 0 radical (unpaired) electrons. The topological polar surface area (TPSA) is 93.1 Å². The minimum absolute atomic E-state index is 0.0825. The Bertz CT molecular complexity index is 1730. The van der Waals surface area contributed by atoms with Gasteiger partial charge in [-0.2, -0.15) is 0 Å². The molecule has 0 spiro atoms. The van der Waals surface area contributed by atoms with Crippen molar-refractivity contribution in [1.82, 2.24) is 0 Å². The molecular formula is C69H120O6. The summed E-state index contributed by atoms with van der Waals surface area (Å²) in [6, 6.07) is 8.08. The molecule has 0 unspecified atom stereocenters. The highest BCUT2D eigenvalue weighted by molar-refractivity contribution is 6.01. The number of hydrogen-bond acceptors (Lipinski definition) is 6. The van der Waals surface area contributed by atoms with Crippen molar-refractivity contribution in [3.05, 3.63) is 57.6 Å². The van der Waals surface area contributed by atoms with E-state index in [0.717, 1.165) is 47.9 Å². The van der Waals surface area contributed by atoms with Gasteiger partial charge < -0.3 is 19.7 Å². The second-order valence-electron chi connectivity index (χ2n) is 27.4. The van der Waals surface area contributed by atoms with Crippen LogP contribution in [0.4, 0.5) is 0 Å². The van der Waals surface area contributed by atoms with Crippen molar-refractivity contribution in [3.8, 4) is 11.5 Å². The van der Waals surface area contributed by atoms with Gasteiger partial charge in [0, 0.05) is 12.8 Å². The molecule has 6 heteroatoms. The standard InChI is InChI=1S/C69H120O6/c1-15-17-19-21-23-25-27-29-31-33-35-37-39-41-43-45-47-74-63(72)69(53-55-49-57(65(3,4)5)51-59(61(55)70)67(9,10)11,54-56-50-58(66(6,7)8)52-60(62(56)71)68(12,13)14)64(73)75-48-46-44-42-40-38-36-34-32-30-28-26-24-22-20-18-16-2/h49-52,70-71H,15-48,53-54H2,1-14H3. The minimum atomic E-state index is -1.89. The van der Waals surface area contributed by atoms with E-state index in [1.54, 1.807) is 0 Å². The number of ether oxygens (including phenoxy) is 2. The van der Waals surface area contributed by atoms with Gasteiger partial charge in [0.1, 0.15) is 11.5 Å². The molecule has 432 valence electrons. The average Bonchev–Trinajstić information content (AvgIpc) is 3.32. The van der Waals surface area contributed by atoms with Crippen molar-refractivity contribution >= 4 is 11.9 Å². The van der Waals surface area contributed by atoms with Crippen molar-refractivity contribution in [2.24, 2.45) is 5.41 Å². The highest BCUT2D eigenvalue weighted by Gasteiger charge is 2.51. The summed E-state index contributed by atoms with van der Waals surface area (Å²) in [4.78, 5) is 30.6. The number of aromatic hydroxyl groups is 2. The Kier molecular flexibility index (Phi) is 32.2. The third kappa shape index (κ3) is 26.5. The van der Waals surface area contributed by atoms with E-state index in [0.29, 0.717) is 24.0 Å². The smallest absolute Gasteiger partial charge is 0.324 e. The molecule has 0 atom stereocenters. The lowest BCUT2D eigenvalue weighted by Gasteiger charge is -2.34. The molecule has 2 aromatic rings. The molecule has 0 bridgehead atoms. The lowest BCUT2D eigenvalue weighted by atomic mass is 9.71. The lowest BCUT2D eigenvalue weighted by Crippen LogP contribution is -2.46. The van der Waals surface area contributed by atoms with Gasteiger partial charge in [-0.05, 0) is 67.9 Å². The molecule has 0 aliphatic rings. The Labute approximate surface area is 463 Å². The largest absolute Gasteiger partial charge is 0.507 e. The quantitative estimate of drug-likeness (QED) is 0.0392. The number of carbonyl (C=O) groups excluding carboxylic acids is 2. The molecule has 0 aliphatic heterocycles. The van der Waals surface area contributed by atoms with Crippen molar-refractivity contribution in [3.63, 3.8) is 0 Å². The monoisotopic (exact) mass is 1040 g/mol. The van der Waals surface area contributed by atoms with Crippen LogP contribution in [-0.4, -0.2) is 35.4 Å². The summed E-state index contributed by atoms with van der Waals surface area (Å²) >= 11 is 0. The van der Waals surface area contributed by atoms with Gasteiger partial charge in [-0.15, -0.1) is 0 Å². The number of rotatable bonds is 40. The van der Waals surface area contributed by atoms with Gasteiger partial charge in [0.25, 0.3) is 0 Å². The molecule has 2 aromatic carbocycles. The summed E-state index contributed by atoms with van der Waals surface area (Å²) in [5.74, 6) is -1.15. The van der Waals surface area contributed by atoms with Crippen LogP contribution in [0.5, 0.6) is 11.5 Å². The first kappa shape index (κ1) is 68.1. The van der Waals surface area contributed by atoms with Crippen molar-refractivity contribution in [2.45, 2.75) is 337 Å². The van der Waals surface area contributed by atoms with Crippen LogP contribution < -0.4 is 0 Å². The maximum Gasteiger partial charge on any atom is 0.324 e. The zero-order valence-corrected chi connectivity index (χ0v) is 51.8. The molecule has 0 saturated carbocycles. The molecule has 2 rings (SSSR count). The predicted octanol–water partition coefficient (Wildman–Crippen LogP) is 20.7. The van der Waals surface area contributed by atoms with Crippen LogP contribution in [0.15, 0.2) is 24.3 Å². The summed E-state index contributed by atoms with van der Waals surface area (Å²) in [6.07, 6.45) is 39.7. The van der Waals surface area contributed by atoms with Crippen LogP contribution >= 0.6 is 0 Å². The molecule has 75 heavy (non-hydrogen) atoms. The van der Waals surface area contributed by atoms with Crippen LogP contribution in [0.2, 0.25) is 0 Å². The van der Waals surface area contributed by atoms with E-state index < -0.39 is 28.2 Å². The third-order valence-electron chi connectivity index (χ3n) is 16.0. The molecule has 0 aromatic heterocycles. The first-order valence-electron chi connectivity index (χ1n) is 31.5. The van der Waals surface area contributed by atoms with E-state index in [-0.39, 0.29) is 48.4 Å². The lowest BCUT2D eigenvalue weighted by molar-refractivity contribution is -0.173. The van der Waals surface area contributed by atoms with E-state index in [4.69, 9.17) is 9.47 Å². The van der Waals surface area contributed by atoms with Gasteiger partial charge in [-0.1, -0.05) is 314 Å². The fourth-order valence-electron chi connectivity index (χ4n) is 10.7. The van der Waals surface area contributed by atoms with Crippen molar-refractivity contribution in [1.29, 1.82) is 0 Å². The van der Waals surface area contributed by atoms with E-state index in [2.05, 4.69) is 109 Å². The van der Waals surface area contributed by atoms with E-state index in [9.17, 15) is 10.2 Å². The number of esters is 2. The van der Waals surface area contributed by atoms with E-state index >= 15 is 9.59 Å². The minimum Gasteiger partial charge on any atom is -0.507 e. The molecular weight excluding hydrogens is 925 g/mol. The van der Waals surface area contributed by atoms with Crippen LogP contribution in [0.25, 0.3) is 0 Å². The SMILES string of the molecule is CCCCCCCCCCCCCCCCCCOC(=O)C(Cc1cc(C(C)(C)C)cc(C(C)(C)C)c1O)(Cc1cc(C(C)(C)C)cc(C(C)(C)C)c1O)C(=O)OCCCCCCCCCCCCCCCCCC. The van der Waals surface area contributed by atoms with Gasteiger partial charge in [-0.25, -0.2) is 0 Å². The van der Waals surface area contributed by atoms with Gasteiger partial charge in [0.05, 0.1) is 13.2 Å². The normalized spacial score (nSPS) is 12.7. The van der Waals surface area contributed by atoms with E-state index in [1.165, 1.54) is 167 Å². The Morgan fingerprint density at radius 1 is 0.347 bits per heavy atom. The zero-order chi connectivity index (χ0) is 56.0. The Morgan fingerprint density at radius 2 is 0.573 bits per heavy atom. The summed E-state index contributed by atoms with van der Waals surface area (Å²) in [6.45, 7) is 30.3. The van der Waals surface area contributed by atoms with Gasteiger partial charge in [-0.3, -0.25) is 9.59 Å². The Hall–Kier alpha value is -3.02. The second-order valence-corrected chi connectivity index (χ2v) is 27.4. The molecule has 0 amide bonds. The van der Waals surface area contributed by atoms with Crippen LogP contribution in [0.1, 0.15) is 336 Å². The second kappa shape index (κ2) is 35.5. The highest BCUT2D eigenvalue weighted by Crippen LogP contribution is 2.45. The first-order chi connectivity index (χ1) is 35.4. The summed E-state index contributed by atoms with van der Waals surface area (Å²) in [7, 11) is 0. The maximum absolute atomic E-state index is 15.3. The Morgan fingerprint density at radius 3 is 0.787 bits per heavy atom. The van der Waals surface area contributed by atoms with Gasteiger partial charge in [0.2, 0.25) is 0 Å². The van der Waals surface area contributed by atoms with Crippen LogP contribution in [-0.2, 0) is 53.6 Å². The van der Waals surface area contributed by atoms with Gasteiger partial charge >= 0.3 is 11.9 Å². The maximum atomic E-state index is 15.3. The third-order valence-corrected chi connectivity index (χ3v) is 16.0.